The summed E-state index contributed by atoms with van der Waals surface area (Å²) in [7, 11) is 1.00. The van der Waals surface area contributed by atoms with E-state index in [1.807, 2.05) is 0 Å². The molecule has 0 atom stereocenters. The van der Waals surface area contributed by atoms with Crippen molar-refractivity contribution in [2.75, 3.05) is 7.11 Å². The molecule has 11 heavy (non-hydrogen) atoms. The van der Waals surface area contributed by atoms with E-state index in [2.05, 4.69) is 5.32 Å². The molecule has 3 nitrogen and oxygen atoms in total. The van der Waals surface area contributed by atoms with Crippen molar-refractivity contribution >= 4 is 5.91 Å². The predicted octanol–water partition coefficient (Wildman–Crippen LogP) is 0.674. The van der Waals surface area contributed by atoms with Gasteiger partial charge in [0.25, 0.3) is 0 Å². The molecule has 1 aliphatic rings. The zero-order valence-electron chi connectivity index (χ0n) is 7.26. The Morgan fingerprint density at radius 3 is 2.18 bits per heavy atom. The Kier molecular flexibility index (Phi) is 5.84. The molecule has 0 heterocycles. The zero-order chi connectivity index (χ0) is 8.69. The first-order valence-corrected chi connectivity index (χ1v) is 4.01. The van der Waals surface area contributed by atoms with E-state index in [0.717, 1.165) is 7.11 Å². The first kappa shape index (κ1) is 10.4. The smallest absolute Gasteiger partial charge is 0.217 e. The van der Waals surface area contributed by atoms with Gasteiger partial charge in [-0.2, -0.15) is 0 Å². The minimum absolute atomic E-state index is 0.113. The van der Waals surface area contributed by atoms with Crippen LogP contribution in [0.15, 0.2) is 0 Å². The van der Waals surface area contributed by atoms with Gasteiger partial charge in [-0.25, -0.2) is 0 Å². The van der Waals surface area contributed by atoms with Crippen molar-refractivity contribution in [1.29, 1.82) is 0 Å². The molecule has 0 saturated heterocycles. The van der Waals surface area contributed by atoms with Gasteiger partial charge in [0.2, 0.25) is 5.91 Å². The van der Waals surface area contributed by atoms with E-state index >= 15 is 0 Å². The van der Waals surface area contributed by atoms with Gasteiger partial charge in [0.05, 0.1) is 0 Å². The Morgan fingerprint density at radius 2 is 1.82 bits per heavy atom. The third-order valence-electron chi connectivity index (χ3n) is 1.76. The lowest BCUT2D eigenvalue weighted by molar-refractivity contribution is -0.119. The maximum absolute atomic E-state index is 10.5. The Labute approximate surface area is 67.8 Å². The minimum Gasteiger partial charge on any atom is -0.400 e. The highest BCUT2D eigenvalue weighted by atomic mass is 16.2. The molecule has 0 aliphatic heterocycles. The van der Waals surface area contributed by atoms with Crippen molar-refractivity contribution in [3.8, 4) is 0 Å². The average molecular weight is 159 g/mol. The van der Waals surface area contributed by atoms with Crippen molar-refractivity contribution < 1.29 is 9.90 Å². The van der Waals surface area contributed by atoms with Crippen LogP contribution in [0.3, 0.4) is 0 Å². The molecule has 66 valence electrons. The molecule has 1 aliphatic carbocycles. The molecule has 0 bridgehead atoms. The molecule has 0 radical (unpaired) electrons. The SMILES string of the molecule is CC(=O)NC1CCCC1.CO. The summed E-state index contributed by atoms with van der Waals surface area (Å²) in [4.78, 5) is 10.5. The van der Waals surface area contributed by atoms with E-state index in [9.17, 15) is 4.79 Å². The van der Waals surface area contributed by atoms with Gasteiger partial charge in [-0.15, -0.1) is 0 Å². The van der Waals surface area contributed by atoms with Crippen LogP contribution in [0.4, 0.5) is 0 Å². The fourth-order valence-electron chi connectivity index (χ4n) is 1.36. The number of hydrogen-bond donors (Lipinski definition) is 2. The molecule has 0 aromatic heterocycles. The van der Waals surface area contributed by atoms with Crippen molar-refractivity contribution in [3.05, 3.63) is 0 Å². The van der Waals surface area contributed by atoms with E-state index in [1.165, 1.54) is 25.7 Å². The molecular formula is C8H17NO2. The van der Waals surface area contributed by atoms with Crippen LogP contribution in [0.25, 0.3) is 0 Å². The second kappa shape index (κ2) is 6.16. The number of carbonyl (C=O) groups is 1. The first-order valence-electron chi connectivity index (χ1n) is 4.01. The van der Waals surface area contributed by atoms with Crippen LogP contribution in [-0.2, 0) is 4.79 Å². The second-order valence-corrected chi connectivity index (χ2v) is 2.68. The molecule has 0 aromatic carbocycles. The summed E-state index contributed by atoms with van der Waals surface area (Å²) in [5, 5.41) is 9.90. The molecule has 1 saturated carbocycles. The summed E-state index contributed by atoms with van der Waals surface area (Å²) in [6.45, 7) is 1.58. The third-order valence-corrected chi connectivity index (χ3v) is 1.76. The Balaban J connectivity index is 0.000000461. The maximum Gasteiger partial charge on any atom is 0.217 e. The van der Waals surface area contributed by atoms with Crippen LogP contribution in [0.1, 0.15) is 32.6 Å². The molecule has 0 aromatic rings. The van der Waals surface area contributed by atoms with Crippen molar-refractivity contribution in [2.24, 2.45) is 0 Å². The fraction of sp³-hybridized carbons (Fsp3) is 0.875. The minimum atomic E-state index is 0.113. The molecule has 1 amide bonds. The van der Waals surface area contributed by atoms with E-state index < -0.39 is 0 Å². The van der Waals surface area contributed by atoms with Gasteiger partial charge >= 0.3 is 0 Å². The second-order valence-electron chi connectivity index (χ2n) is 2.68. The Morgan fingerprint density at radius 1 is 1.36 bits per heavy atom. The quantitative estimate of drug-likeness (QED) is 0.591. The first-order chi connectivity index (χ1) is 5.29. The van der Waals surface area contributed by atoms with E-state index in [0.29, 0.717) is 6.04 Å². The molecule has 2 N–H and O–H groups in total. The highest BCUT2D eigenvalue weighted by Gasteiger charge is 2.14. The lowest BCUT2D eigenvalue weighted by Crippen LogP contribution is -2.30. The van der Waals surface area contributed by atoms with Crippen molar-refractivity contribution in [1.82, 2.24) is 5.32 Å². The van der Waals surface area contributed by atoms with Gasteiger partial charge < -0.3 is 10.4 Å². The molecule has 3 heteroatoms. The number of carbonyl (C=O) groups excluding carboxylic acids is 1. The number of amides is 1. The molecule has 0 unspecified atom stereocenters. The van der Waals surface area contributed by atoms with E-state index in [-0.39, 0.29) is 5.91 Å². The lowest BCUT2D eigenvalue weighted by Gasteiger charge is -2.07. The number of rotatable bonds is 1. The van der Waals surface area contributed by atoms with E-state index in [4.69, 9.17) is 5.11 Å². The summed E-state index contributed by atoms with van der Waals surface area (Å²) in [5.74, 6) is 0.113. The van der Waals surface area contributed by atoms with Crippen LogP contribution < -0.4 is 5.32 Å². The summed E-state index contributed by atoms with van der Waals surface area (Å²) in [6.07, 6.45) is 4.93. The largest absolute Gasteiger partial charge is 0.400 e. The van der Waals surface area contributed by atoms with Crippen LogP contribution in [0, 0.1) is 0 Å². The Hall–Kier alpha value is -0.570. The lowest BCUT2D eigenvalue weighted by atomic mass is 10.2. The van der Waals surface area contributed by atoms with Crippen LogP contribution in [0.5, 0.6) is 0 Å². The fourth-order valence-corrected chi connectivity index (χ4v) is 1.36. The average Bonchev–Trinajstić information content (AvgIpc) is 2.43. The summed E-state index contributed by atoms with van der Waals surface area (Å²) < 4.78 is 0. The van der Waals surface area contributed by atoms with Gasteiger partial charge in [0.15, 0.2) is 0 Å². The van der Waals surface area contributed by atoms with Crippen LogP contribution >= 0.6 is 0 Å². The van der Waals surface area contributed by atoms with Gasteiger partial charge in [0, 0.05) is 20.1 Å². The van der Waals surface area contributed by atoms with Gasteiger partial charge in [-0.1, -0.05) is 12.8 Å². The van der Waals surface area contributed by atoms with Gasteiger partial charge in [-0.05, 0) is 12.8 Å². The van der Waals surface area contributed by atoms with Crippen molar-refractivity contribution in [2.45, 2.75) is 38.6 Å². The Bertz CT molecular complexity index is 109. The molecular weight excluding hydrogens is 142 g/mol. The summed E-state index contributed by atoms with van der Waals surface area (Å²) >= 11 is 0. The summed E-state index contributed by atoms with van der Waals surface area (Å²) in [6, 6.07) is 0.488. The van der Waals surface area contributed by atoms with Crippen LogP contribution in [-0.4, -0.2) is 24.2 Å². The topological polar surface area (TPSA) is 49.3 Å². The number of aliphatic hydroxyl groups excluding tert-OH is 1. The number of aliphatic hydroxyl groups is 1. The monoisotopic (exact) mass is 159 g/mol. The zero-order valence-corrected chi connectivity index (χ0v) is 7.26. The highest BCUT2D eigenvalue weighted by molar-refractivity contribution is 5.73. The predicted molar refractivity (Wildman–Crippen MR) is 44.2 cm³/mol. The van der Waals surface area contributed by atoms with Gasteiger partial charge in [-0.3, -0.25) is 4.79 Å². The van der Waals surface area contributed by atoms with Crippen LogP contribution in [0.2, 0.25) is 0 Å². The molecule has 1 rings (SSSR count). The normalized spacial score (nSPS) is 17.0. The summed E-state index contributed by atoms with van der Waals surface area (Å²) in [5.41, 5.74) is 0. The standard InChI is InChI=1S/C7H13NO.CH4O/c1-6(9)8-7-4-2-3-5-7;1-2/h7H,2-5H2,1H3,(H,8,9);2H,1H3. The number of hydrogen-bond acceptors (Lipinski definition) is 2. The van der Waals surface area contributed by atoms with Gasteiger partial charge in [0.1, 0.15) is 0 Å². The highest BCUT2D eigenvalue weighted by Crippen LogP contribution is 2.17. The number of nitrogens with one attached hydrogen (secondary N) is 1. The van der Waals surface area contributed by atoms with Crippen molar-refractivity contribution in [3.63, 3.8) is 0 Å². The molecule has 0 spiro atoms. The maximum atomic E-state index is 10.5. The third kappa shape index (κ3) is 4.79. The molecule has 1 fully saturated rings. The van der Waals surface area contributed by atoms with E-state index in [1.54, 1.807) is 6.92 Å².